The molecular weight excluding hydrogens is 254 g/mol. The van der Waals surface area contributed by atoms with Crippen LogP contribution in [-0.4, -0.2) is 21.5 Å². The highest BCUT2D eigenvalue weighted by Crippen LogP contribution is 2.17. The molecule has 0 aromatic carbocycles. The zero-order valence-electron chi connectivity index (χ0n) is 12.1. The summed E-state index contributed by atoms with van der Waals surface area (Å²) in [6.45, 7) is 2.17. The second-order valence-electron chi connectivity index (χ2n) is 5.50. The van der Waals surface area contributed by atoms with Crippen molar-refractivity contribution in [3.63, 3.8) is 0 Å². The number of nitrogens with zero attached hydrogens (tertiary/aromatic N) is 2. The molecule has 1 heterocycles. The van der Waals surface area contributed by atoms with Gasteiger partial charge in [0.05, 0.1) is 6.33 Å². The first-order chi connectivity index (χ1) is 9.69. The van der Waals surface area contributed by atoms with E-state index in [-0.39, 0.29) is 24.1 Å². The summed E-state index contributed by atoms with van der Waals surface area (Å²) in [5.41, 5.74) is 0.664. The van der Waals surface area contributed by atoms with Crippen LogP contribution >= 0.6 is 0 Å². The lowest BCUT2D eigenvalue weighted by Gasteiger charge is -2.12. The van der Waals surface area contributed by atoms with Gasteiger partial charge >= 0.3 is 0 Å². The van der Waals surface area contributed by atoms with Crippen LogP contribution in [0.1, 0.15) is 51.1 Å². The van der Waals surface area contributed by atoms with E-state index in [0.29, 0.717) is 0 Å². The van der Waals surface area contributed by atoms with Crippen LogP contribution in [0.4, 0.5) is 0 Å². The molecular formula is C15H23N3O2. The smallest absolute Gasteiger partial charge is 0.253 e. The Bertz CT molecular complexity index is 504. The third kappa shape index (κ3) is 4.18. The predicted octanol–water partition coefficient (Wildman–Crippen LogP) is 1.64. The Morgan fingerprint density at radius 3 is 2.85 bits per heavy atom. The summed E-state index contributed by atoms with van der Waals surface area (Å²) in [6.07, 6.45) is 8.87. The molecule has 5 heteroatoms. The number of carbonyl (C=O) groups is 1. The molecule has 0 aliphatic heterocycles. The van der Waals surface area contributed by atoms with E-state index in [4.69, 9.17) is 0 Å². The first kappa shape index (κ1) is 14.8. The highest BCUT2D eigenvalue weighted by molar-refractivity contribution is 5.76. The van der Waals surface area contributed by atoms with Crippen molar-refractivity contribution in [3.8, 4) is 0 Å². The van der Waals surface area contributed by atoms with Crippen LogP contribution in [0.15, 0.2) is 17.2 Å². The molecule has 5 nitrogen and oxygen atoms in total. The number of aromatic nitrogens is 2. The van der Waals surface area contributed by atoms with Gasteiger partial charge in [-0.2, -0.15) is 0 Å². The average molecular weight is 277 g/mol. The Morgan fingerprint density at radius 1 is 1.45 bits per heavy atom. The summed E-state index contributed by atoms with van der Waals surface area (Å²) in [7, 11) is 0. The van der Waals surface area contributed by atoms with Gasteiger partial charge in [-0.05, 0) is 25.7 Å². The van der Waals surface area contributed by atoms with Crippen molar-refractivity contribution < 1.29 is 4.79 Å². The van der Waals surface area contributed by atoms with Gasteiger partial charge in [0.15, 0.2) is 0 Å². The van der Waals surface area contributed by atoms with Gasteiger partial charge in [0.1, 0.15) is 6.54 Å². The maximum absolute atomic E-state index is 11.9. The molecule has 2 rings (SSSR count). The first-order valence-electron chi connectivity index (χ1n) is 7.53. The minimum absolute atomic E-state index is 0.0659. The number of unbranched alkanes of at least 4 members (excludes halogenated alkanes) is 1. The molecule has 0 spiro atoms. The van der Waals surface area contributed by atoms with Gasteiger partial charge < -0.3 is 5.32 Å². The largest absolute Gasteiger partial charge is 0.352 e. The molecule has 1 aromatic rings. The average Bonchev–Trinajstić information content (AvgIpc) is 2.92. The third-order valence-electron chi connectivity index (χ3n) is 3.76. The van der Waals surface area contributed by atoms with Crippen molar-refractivity contribution in [2.75, 3.05) is 0 Å². The van der Waals surface area contributed by atoms with Crippen LogP contribution in [-0.2, 0) is 17.8 Å². The van der Waals surface area contributed by atoms with Gasteiger partial charge in [-0.15, -0.1) is 0 Å². The van der Waals surface area contributed by atoms with Gasteiger partial charge in [0.2, 0.25) is 5.91 Å². The maximum Gasteiger partial charge on any atom is 0.253 e. The van der Waals surface area contributed by atoms with E-state index in [2.05, 4.69) is 17.2 Å². The Hall–Kier alpha value is -1.65. The van der Waals surface area contributed by atoms with Crippen molar-refractivity contribution in [3.05, 3.63) is 28.4 Å². The Labute approximate surface area is 119 Å². The lowest BCUT2D eigenvalue weighted by atomic mass is 10.2. The number of nitrogens with one attached hydrogen (secondary N) is 1. The molecule has 1 aliphatic carbocycles. The van der Waals surface area contributed by atoms with E-state index < -0.39 is 0 Å². The Balaban J connectivity index is 1.91. The van der Waals surface area contributed by atoms with E-state index in [0.717, 1.165) is 37.8 Å². The zero-order valence-corrected chi connectivity index (χ0v) is 12.1. The van der Waals surface area contributed by atoms with Crippen LogP contribution in [0.3, 0.4) is 0 Å². The predicted molar refractivity (Wildman–Crippen MR) is 77.5 cm³/mol. The fraction of sp³-hybridized carbons (Fsp3) is 0.667. The van der Waals surface area contributed by atoms with Crippen molar-refractivity contribution in [1.82, 2.24) is 14.9 Å². The summed E-state index contributed by atoms with van der Waals surface area (Å²) in [6, 6.07) is 1.83. The van der Waals surface area contributed by atoms with Crippen LogP contribution in [0, 0.1) is 0 Å². The lowest BCUT2D eigenvalue weighted by Crippen LogP contribution is -2.37. The van der Waals surface area contributed by atoms with E-state index in [1.807, 2.05) is 0 Å². The minimum Gasteiger partial charge on any atom is -0.352 e. The molecule has 1 aliphatic rings. The number of hydrogen-bond acceptors (Lipinski definition) is 3. The number of amides is 1. The summed E-state index contributed by atoms with van der Waals surface area (Å²) in [4.78, 5) is 28.0. The Kier molecular flexibility index (Phi) is 5.32. The van der Waals surface area contributed by atoms with Crippen molar-refractivity contribution >= 4 is 5.91 Å². The normalized spacial score (nSPS) is 15.4. The SMILES string of the molecule is CCCCc1cc(=O)n(CC(=O)NC2CCCC2)cn1. The lowest BCUT2D eigenvalue weighted by molar-refractivity contribution is -0.122. The quantitative estimate of drug-likeness (QED) is 0.860. The number of hydrogen-bond donors (Lipinski definition) is 1. The number of carbonyl (C=O) groups excluding carboxylic acids is 1. The molecule has 1 amide bonds. The fourth-order valence-corrected chi connectivity index (χ4v) is 2.57. The first-order valence-corrected chi connectivity index (χ1v) is 7.53. The third-order valence-corrected chi connectivity index (χ3v) is 3.76. The molecule has 0 radical (unpaired) electrons. The van der Waals surface area contributed by atoms with Gasteiger partial charge in [-0.3, -0.25) is 14.2 Å². The van der Waals surface area contributed by atoms with E-state index in [1.54, 1.807) is 6.07 Å². The second-order valence-corrected chi connectivity index (χ2v) is 5.50. The molecule has 0 unspecified atom stereocenters. The molecule has 0 bridgehead atoms. The topological polar surface area (TPSA) is 64.0 Å². The number of aryl methyl sites for hydroxylation is 1. The molecule has 0 saturated heterocycles. The van der Waals surface area contributed by atoms with Crippen LogP contribution in [0.5, 0.6) is 0 Å². The zero-order chi connectivity index (χ0) is 14.4. The fourth-order valence-electron chi connectivity index (χ4n) is 2.57. The summed E-state index contributed by atoms with van der Waals surface area (Å²) < 4.78 is 1.37. The maximum atomic E-state index is 11.9. The Morgan fingerprint density at radius 2 is 2.20 bits per heavy atom. The molecule has 1 fully saturated rings. The highest BCUT2D eigenvalue weighted by atomic mass is 16.2. The van der Waals surface area contributed by atoms with Gasteiger partial charge in [0, 0.05) is 17.8 Å². The van der Waals surface area contributed by atoms with E-state index in [9.17, 15) is 9.59 Å². The molecule has 0 atom stereocenters. The molecule has 1 N–H and O–H groups in total. The van der Waals surface area contributed by atoms with Crippen LogP contribution in [0.25, 0.3) is 0 Å². The van der Waals surface area contributed by atoms with Crippen molar-refractivity contribution in [1.29, 1.82) is 0 Å². The monoisotopic (exact) mass is 277 g/mol. The van der Waals surface area contributed by atoms with Crippen LogP contribution < -0.4 is 10.9 Å². The van der Waals surface area contributed by atoms with Crippen molar-refractivity contribution in [2.24, 2.45) is 0 Å². The van der Waals surface area contributed by atoms with Gasteiger partial charge in [-0.1, -0.05) is 26.2 Å². The summed E-state index contributed by atoms with van der Waals surface area (Å²) in [5, 5.41) is 2.98. The van der Waals surface area contributed by atoms with E-state index >= 15 is 0 Å². The van der Waals surface area contributed by atoms with Crippen LogP contribution in [0.2, 0.25) is 0 Å². The minimum atomic E-state index is -0.146. The molecule has 20 heavy (non-hydrogen) atoms. The molecule has 1 saturated carbocycles. The second kappa shape index (κ2) is 7.22. The number of rotatable bonds is 6. The van der Waals surface area contributed by atoms with E-state index in [1.165, 1.54) is 23.7 Å². The molecule has 1 aromatic heterocycles. The molecule has 110 valence electrons. The summed E-state index contributed by atoms with van der Waals surface area (Å²) in [5.74, 6) is -0.0953. The highest BCUT2D eigenvalue weighted by Gasteiger charge is 2.17. The van der Waals surface area contributed by atoms with Crippen molar-refractivity contribution in [2.45, 2.75) is 64.5 Å². The van der Waals surface area contributed by atoms with Gasteiger partial charge in [-0.25, -0.2) is 4.98 Å². The summed E-state index contributed by atoms with van der Waals surface area (Å²) >= 11 is 0. The standard InChI is InChI=1S/C15H23N3O2/c1-2-3-6-13-9-15(20)18(11-16-13)10-14(19)17-12-7-4-5-8-12/h9,11-12H,2-8,10H2,1H3,(H,17,19). The van der Waals surface area contributed by atoms with Gasteiger partial charge in [0.25, 0.3) is 5.56 Å².